The minimum absolute atomic E-state index is 0.321. The summed E-state index contributed by atoms with van der Waals surface area (Å²) in [6.45, 7) is 5.94. The van der Waals surface area contributed by atoms with Crippen molar-refractivity contribution in [2.45, 2.75) is 45.4 Å². The van der Waals surface area contributed by atoms with Crippen LogP contribution in [0.25, 0.3) is 0 Å². The molecule has 122 valence electrons. The molecule has 0 saturated carbocycles. The van der Waals surface area contributed by atoms with Crippen molar-refractivity contribution in [1.29, 1.82) is 0 Å². The van der Waals surface area contributed by atoms with Crippen molar-refractivity contribution in [3.8, 4) is 0 Å². The highest BCUT2D eigenvalue weighted by atomic mass is 16.6. The fraction of sp³-hybridized carbons (Fsp3) is 0.500. The van der Waals surface area contributed by atoms with Crippen LogP contribution in [0.1, 0.15) is 32.8 Å². The van der Waals surface area contributed by atoms with Crippen LogP contribution in [-0.2, 0) is 20.9 Å². The molecule has 1 aromatic rings. The topological polar surface area (TPSA) is 90.7 Å². The Morgan fingerprint density at radius 3 is 2.45 bits per heavy atom. The lowest BCUT2D eigenvalue weighted by molar-refractivity contribution is -0.122. The number of carbonyl (C=O) groups excluding carboxylic acids is 2. The summed E-state index contributed by atoms with van der Waals surface area (Å²) in [7, 11) is 0. The number of rotatable bonds is 6. The molecule has 0 aliphatic heterocycles. The maximum absolute atomic E-state index is 11.7. The molecule has 2 amide bonds. The summed E-state index contributed by atoms with van der Waals surface area (Å²) in [4.78, 5) is 23.2. The Morgan fingerprint density at radius 2 is 1.86 bits per heavy atom. The van der Waals surface area contributed by atoms with Crippen molar-refractivity contribution in [2.24, 2.45) is 5.73 Å². The van der Waals surface area contributed by atoms with Gasteiger partial charge in [0.15, 0.2) is 0 Å². The van der Waals surface area contributed by atoms with Gasteiger partial charge in [0.2, 0.25) is 5.91 Å². The zero-order chi connectivity index (χ0) is 16.6. The lowest BCUT2D eigenvalue weighted by Gasteiger charge is -2.20. The standard InChI is InChI=1S/C16H24N2O4/c1-16(2,3)22-15(20)18-14(19)13(17)9-10-21-11-12-7-5-4-6-8-12/h4-8,13H,9-11,17H2,1-3H3,(H,18,19,20)/t13-/m0/s1. The third-order valence-corrected chi connectivity index (χ3v) is 2.65. The van der Waals surface area contributed by atoms with Crippen LogP contribution >= 0.6 is 0 Å². The van der Waals surface area contributed by atoms with Crippen molar-refractivity contribution in [3.05, 3.63) is 35.9 Å². The first kappa shape index (κ1) is 18.1. The van der Waals surface area contributed by atoms with E-state index in [0.29, 0.717) is 19.6 Å². The second kappa shape index (κ2) is 8.51. The first-order valence-corrected chi connectivity index (χ1v) is 7.19. The summed E-state index contributed by atoms with van der Waals surface area (Å²) in [6, 6.07) is 8.88. The van der Waals surface area contributed by atoms with E-state index in [2.05, 4.69) is 5.32 Å². The summed E-state index contributed by atoms with van der Waals surface area (Å²) in [6.07, 6.45) is -0.472. The van der Waals surface area contributed by atoms with Gasteiger partial charge in [0.25, 0.3) is 0 Å². The molecule has 0 aliphatic rings. The number of nitrogens with two attached hydrogens (primary N) is 1. The average Bonchev–Trinajstić information content (AvgIpc) is 2.42. The summed E-state index contributed by atoms with van der Waals surface area (Å²) in [5.74, 6) is -0.572. The SMILES string of the molecule is CC(C)(C)OC(=O)NC(=O)[C@@H](N)CCOCc1ccccc1. The number of benzene rings is 1. The van der Waals surface area contributed by atoms with Gasteiger partial charge in [0.05, 0.1) is 12.6 Å². The van der Waals surface area contributed by atoms with Gasteiger partial charge in [-0.1, -0.05) is 30.3 Å². The van der Waals surface area contributed by atoms with Gasteiger partial charge in [-0.15, -0.1) is 0 Å². The molecule has 6 heteroatoms. The van der Waals surface area contributed by atoms with E-state index in [4.69, 9.17) is 15.2 Å². The molecule has 0 aromatic heterocycles. The molecular weight excluding hydrogens is 284 g/mol. The molecular formula is C16H24N2O4. The van der Waals surface area contributed by atoms with Crippen LogP contribution in [-0.4, -0.2) is 30.3 Å². The van der Waals surface area contributed by atoms with Crippen LogP contribution in [0.5, 0.6) is 0 Å². The van der Waals surface area contributed by atoms with Gasteiger partial charge < -0.3 is 15.2 Å². The zero-order valence-corrected chi connectivity index (χ0v) is 13.3. The average molecular weight is 308 g/mol. The van der Waals surface area contributed by atoms with E-state index in [1.807, 2.05) is 30.3 Å². The normalized spacial score (nSPS) is 12.5. The third kappa shape index (κ3) is 7.75. The van der Waals surface area contributed by atoms with E-state index in [1.165, 1.54) is 0 Å². The second-order valence-corrected chi connectivity index (χ2v) is 5.92. The molecule has 22 heavy (non-hydrogen) atoms. The fourth-order valence-corrected chi connectivity index (χ4v) is 1.60. The maximum atomic E-state index is 11.7. The lowest BCUT2D eigenvalue weighted by atomic mass is 10.2. The Balaban J connectivity index is 2.22. The van der Waals surface area contributed by atoms with E-state index >= 15 is 0 Å². The summed E-state index contributed by atoms with van der Waals surface area (Å²) in [5, 5.41) is 2.11. The molecule has 0 fully saturated rings. The van der Waals surface area contributed by atoms with Crippen LogP contribution in [0.4, 0.5) is 4.79 Å². The molecule has 6 nitrogen and oxygen atoms in total. The van der Waals surface area contributed by atoms with Gasteiger partial charge in [-0.25, -0.2) is 4.79 Å². The Morgan fingerprint density at radius 1 is 1.23 bits per heavy atom. The second-order valence-electron chi connectivity index (χ2n) is 5.92. The van der Waals surface area contributed by atoms with E-state index in [1.54, 1.807) is 20.8 Å². The van der Waals surface area contributed by atoms with E-state index in [9.17, 15) is 9.59 Å². The van der Waals surface area contributed by atoms with Gasteiger partial charge in [-0.2, -0.15) is 0 Å². The van der Waals surface area contributed by atoms with Gasteiger partial charge in [0.1, 0.15) is 5.60 Å². The van der Waals surface area contributed by atoms with E-state index in [-0.39, 0.29) is 0 Å². The molecule has 1 rings (SSSR count). The molecule has 0 bridgehead atoms. The maximum Gasteiger partial charge on any atom is 0.414 e. The van der Waals surface area contributed by atoms with Crippen LogP contribution < -0.4 is 11.1 Å². The first-order valence-electron chi connectivity index (χ1n) is 7.19. The molecule has 0 unspecified atom stereocenters. The summed E-state index contributed by atoms with van der Waals surface area (Å²) in [5.41, 5.74) is 6.10. The highest BCUT2D eigenvalue weighted by Gasteiger charge is 2.21. The number of alkyl carbamates (subject to hydrolysis) is 1. The molecule has 1 atom stereocenters. The number of nitrogens with one attached hydrogen (secondary N) is 1. The molecule has 0 radical (unpaired) electrons. The monoisotopic (exact) mass is 308 g/mol. The molecule has 3 N–H and O–H groups in total. The van der Waals surface area contributed by atoms with E-state index < -0.39 is 23.6 Å². The number of hydrogen-bond donors (Lipinski definition) is 2. The number of carbonyl (C=O) groups is 2. The zero-order valence-electron chi connectivity index (χ0n) is 13.3. The third-order valence-electron chi connectivity index (χ3n) is 2.65. The molecule has 0 saturated heterocycles. The predicted molar refractivity (Wildman–Crippen MR) is 83.1 cm³/mol. The predicted octanol–water partition coefficient (Wildman–Crippen LogP) is 1.97. The van der Waals surface area contributed by atoms with Gasteiger partial charge >= 0.3 is 6.09 Å². The quantitative estimate of drug-likeness (QED) is 0.784. The molecule has 0 aliphatic carbocycles. The van der Waals surface area contributed by atoms with Crippen LogP contribution in [0, 0.1) is 0 Å². The largest absolute Gasteiger partial charge is 0.444 e. The minimum Gasteiger partial charge on any atom is -0.444 e. The lowest BCUT2D eigenvalue weighted by Crippen LogP contribution is -2.45. The van der Waals surface area contributed by atoms with Crippen molar-refractivity contribution in [1.82, 2.24) is 5.32 Å². The number of ether oxygens (including phenoxy) is 2. The van der Waals surface area contributed by atoms with Crippen molar-refractivity contribution < 1.29 is 19.1 Å². The highest BCUT2D eigenvalue weighted by molar-refractivity contribution is 5.94. The van der Waals surface area contributed by atoms with Gasteiger partial charge in [0, 0.05) is 6.61 Å². The van der Waals surface area contributed by atoms with Crippen LogP contribution in [0.3, 0.4) is 0 Å². The van der Waals surface area contributed by atoms with Crippen molar-refractivity contribution in [2.75, 3.05) is 6.61 Å². The molecule has 1 aromatic carbocycles. The number of imide groups is 1. The first-order chi connectivity index (χ1) is 10.3. The van der Waals surface area contributed by atoms with Crippen LogP contribution in [0.2, 0.25) is 0 Å². The summed E-state index contributed by atoms with van der Waals surface area (Å²) >= 11 is 0. The Kier molecular flexibility index (Phi) is 7.01. The van der Waals surface area contributed by atoms with Crippen molar-refractivity contribution >= 4 is 12.0 Å². The fourth-order valence-electron chi connectivity index (χ4n) is 1.60. The number of hydrogen-bond acceptors (Lipinski definition) is 5. The summed E-state index contributed by atoms with van der Waals surface area (Å²) < 4.78 is 10.4. The Labute approximate surface area is 131 Å². The Hall–Kier alpha value is -1.92. The van der Waals surface area contributed by atoms with E-state index in [0.717, 1.165) is 5.56 Å². The Bertz CT molecular complexity index is 483. The molecule has 0 heterocycles. The smallest absolute Gasteiger partial charge is 0.414 e. The van der Waals surface area contributed by atoms with Crippen molar-refractivity contribution in [3.63, 3.8) is 0 Å². The minimum atomic E-state index is -0.816. The van der Waals surface area contributed by atoms with Gasteiger partial charge in [-0.3, -0.25) is 10.1 Å². The van der Waals surface area contributed by atoms with Crippen LogP contribution in [0.15, 0.2) is 30.3 Å². The highest BCUT2D eigenvalue weighted by Crippen LogP contribution is 2.06. The van der Waals surface area contributed by atoms with Gasteiger partial charge in [-0.05, 0) is 32.8 Å². The number of amides is 2. The molecule has 0 spiro atoms.